The summed E-state index contributed by atoms with van der Waals surface area (Å²) in [6, 6.07) is 15.6. The topological polar surface area (TPSA) is 118 Å². The van der Waals surface area contributed by atoms with Crippen LogP contribution in [0.1, 0.15) is 11.3 Å². The summed E-state index contributed by atoms with van der Waals surface area (Å²) in [4.78, 5) is -0.0332. The molecule has 3 aromatic rings. The molecule has 0 saturated heterocycles. The van der Waals surface area contributed by atoms with Crippen LogP contribution in [0.3, 0.4) is 0 Å². The molecular weight excluding hydrogens is 390 g/mol. The smallest absolute Gasteiger partial charge is 0.263 e. The summed E-state index contributed by atoms with van der Waals surface area (Å²) in [5.41, 5.74) is 0.915. The molecule has 27 heavy (non-hydrogen) atoms. The van der Waals surface area contributed by atoms with E-state index in [0.717, 1.165) is 0 Å². The van der Waals surface area contributed by atoms with Crippen molar-refractivity contribution in [3.8, 4) is 0 Å². The number of anilines is 2. The zero-order chi connectivity index (χ0) is 19.5. The Bertz CT molecular complexity index is 1120. The number of nitrogens with zero attached hydrogens (tertiary/aromatic N) is 1. The minimum absolute atomic E-state index is 0.0332. The van der Waals surface area contributed by atoms with Gasteiger partial charge in [0, 0.05) is 11.8 Å². The van der Waals surface area contributed by atoms with Crippen LogP contribution in [-0.2, 0) is 25.8 Å². The summed E-state index contributed by atoms with van der Waals surface area (Å²) >= 11 is 0. The summed E-state index contributed by atoms with van der Waals surface area (Å²) in [5, 5.41) is 3.58. The van der Waals surface area contributed by atoms with Crippen molar-refractivity contribution < 1.29 is 21.4 Å². The normalized spacial score (nSPS) is 11.9. The monoisotopic (exact) mass is 407 g/mol. The third-order valence-electron chi connectivity index (χ3n) is 3.50. The molecular formula is C17H17N3O5S2. The standard InChI is InChI=1S/C17H17N3O5S2/c1-13-11-17(18-25-13)20-27(23,24)16-9-7-15(8-10-16)19-26(21,22)12-14-5-3-2-4-6-14/h2-11,19H,12H2,1H3,(H,18,20). The highest BCUT2D eigenvalue weighted by molar-refractivity contribution is 7.92. The van der Waals surface area contributed by atoms with Gasteiger partial charge in [0.2, 0.25) is 10.0 Å². The number of sulfonamides is 2. The Kier molecular flexibility index (Phi) is 5.19. The van der Waals surface area contributed by atoms with Gasteiger partial charge in [-0.15, -0.1) is 0 Å². The van der Waals surface area contributed by atoms with Crippen molar-refractivity contribution in [2.75, 3.05) is 9.44 Å². The summed E-state index contributed by atoms with van der Waals surface area (Å²) in [5.74, 6) is 0.358. The predicted octanol–water partition coefficient (Wildman–Crippen LogP) is 2.73. The number of aromatic nitrogens is 1. The molecule has 0 aliphatic rings. The second-order valence-corrected chi connectivity index (χ2v) is 9.20. The highest BCUT2D eigenvalue weighted by atomic mass is 32.2. The predicted molar refractivity (Wildman–Crippen MR) is 101 cm³/mol. The van der Waals surface area contributed by atoms with E-state index < -0.39 is 20.0 Å². The van der Waals surface area contributed by atoms with Gasteiger partial charge >= 0.3 is 0 Å². The minimum atomic E-state index is -3.86. The third kappa shape index (κ3) is 5.08. The maximum atomic E-state index is 12.3. The molecule has 3 rings (SSSR count). The molecule has 0 spiro atoms. The zero-order valence-electron chi connectivity index (χ0n) is 14.3. The Labute approximate surface area is 157 Å². The first-order valence-electron chi connectivity index (χ1n) is 7.84. The van der Waals surface area contributed by atoms with Crippen molar-refractivity contribution in [3.05, 3.63) is 72.0 Å². The fourth-order valence-electron chi connectivity index (χ4n) is 2.32. The lowest BCUT2D eigenvalue weighted by molar-refractivity contribution is 0.400. The molecule has 2 aromatic carbocycles. The fourth-order valence-corrected chi connectivity index (χ4v) is 4.50. The summed E-state index contributed by atoms with van der Waals surface area (Å²) in [7, 11) is -7.48. The number of nitrogens with one attached hydrogen (secondary N) is 2. The van der Waals surface area contributed by atoms with Crippen LogP contribution < -0.4 is 9.44 Å². The Morgan fingerprint density at radius 2 is 1.59 bits per heavy atom. The van der Waals surface area contributed by atoms with Crippen LogP contribution in [0.25, 0.3) is 0 Å². The first-order valence-corrected chi connectivity index (χ1v) is 11.0. The van der Waals surface area contributed by atoms with Gasteiger partial charge in [0.05, 0.1) is 10.6 Å². The molecule has 8 nitrogen and oxygen atoms in total. The van der Waals surface area contributed by atoms with Gasteiger partial charge in [0.25, 0.3) is 10.0 Å². The van der Waals surface area contributed by atoms with E-state index in [1.54, 1.807) is 37.3 Å². The quantitative estimate of drug-likeness (QED) is 0.622. The van der Waals surface area contributed by atoms with E-state index >= 15 is 0 Å². The molecule has 0 aliphatic heterocycles. The van der Waals surface area contributed by atoms with Crippen molar-refractivity contribution in [3.63, 3.8) is 0 Å². The molecule has 0 aliphatic carbocycles. The van der Waals surface area contributed by atoms with E-state index in [1.807, 2.05) is 0 Å². The average Bonchev–Trinajstić information content (AvgIpc) is 2.99. The van der Waals surface area contributed by atoms with E-state index in [0.29, 0.717) is 11.3 Å². The van der Waals surface area contributed by atoms with Crippen LogP contribution >= 0.6 is 0 Å². The van der Waals surface area contributed by atoms with Crippen LogP contribution in [0.2, 0.25) is 0 Å². The lowest BCUT2D eigenvalue weighted by atomic mass is 10.2. The Hall–Kier alpha value is -2.85. The lowest BCUT2D eigenvalue weighted by Gasteiger charge is -2.09. The van der Waals surface area contributed by atoms with Gasteiger partial charge in [-0.3, -0.25) is 9.44 Å². The van der Waals surface area contributed by atoms with E-state index in [4.69, 9.17) is 4.52 Å². The molecule has 0 bridgehead atoms. The average molecular weight is 407 g/mol. The van der Waals surface area contributed by atoms with Gasteiger partial charge in [-0.25, -0.2) is 16.8 Å². The molecule has 1 heterocycles. The Balaban J connectivity index is 1.71. The van der Waals surface area contributed by atoms with E-state index in [1.165, 1.54) is 30.3 Å². The van der Waals surface area contributed by atoms with Crippen LogP contribution in [0.5, 0.6) is 0 Å². The molecule has 142 valence electrons. The van der Waals surface area contributed by atoms with Crippen LogP contribution in [0.4, 0.5) is 11.5 Å². The largest absolute Gasteiger partial charge is 0.360 e. The van der Waals surface area contributed by atoms with Gasteiger partial charge in [-0.1, -0.05) is 35.5 Å². The molecule has 0 saturated carbocycles. The van der Waals surface area contributed by atoms with Gasteiger partial charge in [-0.2, -0.15) is 0 Å². The van der Waals surface area contributed by atoms with Crippen LogP contribution in [0, 0.1) is 6.92 Å². The molecule has 0 amide bonds. The second-order valence-electron chi connectivity index (χ2n) is 5.80. The summed E-state index contributed by atoms with van der Waals surface area (Å²) in [6.07, 6.45) is 0. The SMILES string of the molecule is Cc1cc(NS(=O)(=O)c2ccc(NS(=O)(=O)Cc3ccccc3)cc2)no1. The number of hydrogen-bond acceptors (Lipinski definition) is 6. The number of benzene rings is 2. The minimum Gasteiger partial charge on any atom is -0.360 e. The third-order valence-corrected chi connectivity index (χ3v) is 6.14. The fraction of sp³-hybridized carbons (Fsp3) is 0.118. The van der Waals surface area contributed by atoms with E-state index in [-0.39, 0.29) is 22.2 Å². The first-order chi connectivity index (χ1) is 12.7. The number of aryl methyl sites for hydroxylation is 1. The maximum Gasteiger partial charge on any atom is 0.263 e. The molecule has 2 N–H and O–H groups in total. The van der Waals surface area contributed by atoms with E-state index in [2.05, 4.69) is 14.6 Å². The molecule has 0 radical (unpaired) electrons. The van der Waals surface area contributed by atoms with Gasteiger partial charge in [0.15, 0.2) is 5.82 Å². The highest BCUT2D eigenvalue weighted by Gasteiger charge is 2.17. The lowest BCUT2D eigenvalue weighted by Crippen LogP contribution is -2.16. The molecule has 0 unspecified atom stereocenters. The van der Waals surface area contributed by atoms with Gasteiger partial charge < -0.3 is 4.52 Å². The van der Waals surface area contributed by atoms with Crippen LogP contribution in [-0.4, -0.2) is 22.0 Å². The molecule has 1 aromatic heterocycles. The highest BCUT2D eigenvalue weighted by Crippen LogP contribution is 2.19. The molecule has 0 fully saturated rings. The van der Waals surface area contributed by atoms with Crippen molar-refractivity contribution in [2.45, 2.75) is 17.6 Å². The number of hydrogen-bond donors (Lipinski definition) is 2. The van der Waals surface area contributed by atoms with Crippen molar-refractivity contribution in [1.82, 2.24) is 5.16 Å². The summed E-state index contributed by atoms with van der Waals surface area (Å²) < 4.78 is 58.6. The van der Waals surface area contributed by atoms with Crippen molar-refractivity contribution in [2.24, 2.45) is 0 Å². The molecule has 0 atom stereocenters. The van der Waals surface area contributed by atoms with Crippen molar-refractivity contribution in [1.29, 1.82) is 0 Å². The second kappa shape index (κ2) is 7.41. The number of rotatable bonds is 7. The van der Waals surface area contributed by atoms with Crippen LogP contribution in [0.15, 0.2) is 70.1 Å². The van der Waals surface area contributed by atoms with Gasteiger partial charge in [0.1, 0.15) is 5.76 Å². The Morgan fingerprint density at radius 1 is 0.926 bits per heavy atom. The zero-order valence-corrected chi connectivity index (χ0v) is 15.9. The van der Waals surface area contributed by atoms with Gasteiger partial charge in [-0.05, 0) is 36.8 Å². The summed E-state index contributed by atoms with van der Waals surface area (Å²) in [6.45, 7) is 1.64. The Morgan fingerprint density at radius 3 is 2.19 bits per heavy atom. The van der Waals surface area contributed by atoms with Crippen molar-refractivity contribution >= 4 is 31.6 Å². The maximum absolute atomic E-state index is 12.3. The first kappa shape index (κ1) is 18.9. The molecule has 10 heteroatoms. The van der Waals surface area contributed by atoms with E-state index in [9.17, 15) is 16.8 Å².